The standard InChI is InChI=1S/C16H22N2O5S/c1-22-14-5-3-4-13(15(14)23-2)16(19)17-8-10-18(11-9-17)24(20,21)12-6-7-12/h3-5,12H,6-11H2,1-2H3. The Morgan fingerprint density at radius 1 is 1.08 bits per heavy atom. The van der Waals surface area contributed by atoms with Gasteiger partial charge in [-0.1, -0.05) is 6.07 Å². The molecule has 0 N–H and O–H groups in total. The molecule has 1 heterocycles. The van der Waals surface area contributed by atoms with Crippen molar-refractivity contribution in [2.24, 2.45) is 0 Å². The largest absolute Gasteiger partial charge is 0.493 e. The van der Waals surface area contributed by atoms with Crippen LogP contribution in [0.1, 0.15) is 23.2 Å². The number of benzene rings is 1. The van der Waals surface area contributed by atoms with Crippen molar-refractivity contribution >= 4 is 15.9 Å². The first-order valence-corrected chi connectivity index (χ1v) is 9.48. The van der Waals surface area contributed by atoms with Gasteiger partial charge in [-0.05, 0) is 25.0 Å². The maximum atomic E-state index is 12.8. The number of amides is 1. The molecule has 1 aliphatic heterocycles. The molecule has 8 heteroatoms. The van der Waals surface area contributed by atoms with E-state index in [1.54, 1.807) is 23.1 Å². The minimum atomic E-state index is -3.18. The van der Waals surface area contributed by atoms with Crippen LogP contribution in [0.15, 0.2) is 18.2 Å². The first kappa shape index (κ1) is 17.0. The van der Waals surface area contributed by atoms with E-state index in [0.717, 1.165) is 12.8 Å². The van der Waals surface area contributed by atoms with Gasteiger partial charge in [-0.3, -0.25) is 4.79 Å². The fourth-order valence-corrected chi connectivity index (χ4v) is 4.77. The predicted molar refractivity (Wildman–Crippen MR) is 89.0 cm³/mol. The summed E-state index contributed by atoms with van der Waals surface area (Å²) in [4.78, 5) is 14.4. The average molecular weight is 354 g/mol. The average Bonchev–Trinajstić information content (AvgIpc) is 3.46. The zero-order valence-corrected chi connectivity index (χ0v) is 14.7. The zero-order chi connectivity index (χ0) is 17.3. The van der Waals surface area contributed by atoms with Crippen LogP contribution < -0.4 is 9.47 Å². The molecule has 1 amide bonds. The molecule has 0 unspecified atom stereocenters. The SMILES string of the molecule is COc1cccc(C(=O)N2CCN(S(=O)(=O)C3CC3)CC2)c1OC. The Balaban J connectivity index is 1.72. The van der Waals surface area contributed by atoms with E-state index in [0.29, 0.717) is 43.2 Å². The van der Waals surface area contributed by atoms with Crippen molar-refractivity contribution in [3.8, 4) is 11.5 Å². The first-order valence-electron chi connectivity index (χ1n) is 7.98. The summed E-state index contributed by atoms with van der Waals surface area (Å²) in [7, 11) is -0.159. The van der Waals surface area contributed by atoms with Crippen LogP contribution in [-0.2, 0) is 10.0 Å². The normalized spacial score (nSPS) is 19.2. The summed E-state index contributed by atoms with van der Waals surface area (Å²) in [6.07, 6.45) is 1.50. The number of para-hydroxylation sites is 1. The summed E-state index contributed by atoms with van der Waals surface area (Å²) in [5, 5.41) is -0.210. The number of nitrogens with zero attached hydrogens (tertiary/aromatic N) is 2. The number of rotatable bonds is 5. The second-order valence-corrected chi connectivity index (χ2v) is 8.19. The molecule has 1 aliphatic carbocycles. The number of piperazine rings is 1. The summed E-state index contributed by atoms with van der Waals surface area (Å²) < 4.78 is 36.6. The minimum Gasteiger partial charge on any atom is -0.493 e. The molecule has 1 saturated heterocycles. The van der Waals surface area contributed by atoms with Gasteiger partial charge in [-0.15, -0.1) is 0 Å². The molecule has 0 spiro atoms. The van der Waals surface area contributed by atoms with Crippen LogP contribution in [0.25, 0.3) is 0 Å². The fourth-order valence-electron chi connectivity index (χ4n) is 2.95. The van der Waals surface area contributed by atoms with Gasteiger partial charge in [0, 0.05) is 26.2 Å². The number of ether oxygens (including phenoxy) is 2. The van der Waals surface area contributed by atoms with E-state index < -0.39 is 10.0 Å². The monoisotopic (exact) mass is 354 g/mol. The molecule has 0 atom stereocenters. The van der Waals surface area contributed by atoms with E-state index in [4.69, 9.17) is 9.47 Å². The lowest BCUT2D eigenvalue weighted by molar-refractivity contribution is 0.0694. The van der Waals surface area contributed by atoms with Crippen LogP contribution in [0.5, 0.6) is 11.5 Å². The molecule has 0 bridgehead atoms. The molecule has 3 rings (SSSR count). The van der Waals surface area contributed by atoms with Crippen LogP contribution in [0.3, 0.4) is 0 Å². The number of hydrogen-bond donors (Lipinski definition) is 0. The van der Waals surface area contributed by atoms with Gasteiger partial charge >= 0.3 is 0 Å². The van der Waals surface area contributed by atoms with E-state index in [2.05, 4.69) is 0 Å². The smallest absolute Gasteiger partial charge is 0.257 e. The Hall–Kier alpha value is -1.80. The predicted octanol–water partition coefficient (Wildman–Crippen LogP) is 0.954. The number of hydrogen-bond acceptors (Lipinski definition) is 5. The second-order valence-electron chi connectivity index (χ2n) is 5.98. The van der Waals surface area contributed by atoms with Gasteiger partial charge in [-0.2, -0.15) is 4.31 Å². The molecule has 0 aromatic heterocycles. The first-order chi connectivity index (χ1) is 11.5. The number of carbonyl (C=O) groups is 1. The van der Waals surface area contributed by atoms with Gasteiger partial charge in [0.15, 0.2) is 11.5 Å². The summed E-state index contributed by atoms with van der Waals surface area (Å²) in [6, 6.07) is 5.16. The van der Waals surface area contributed by atoms with Crippen LogP contribution in [-0.4, -0.2) is 69.2 Å². The summed E-state index contributed by atoms with van der Waals surface area (Å²) in [5.74, 6) is 0.727. The fraction of sp³-hybridized carbons (Fsp3) is 0.562. The molecule has 7 nitrogen and oxygen atoms in total. The Kier molecular flexibility index (Phi) is 4.69. The lowest BCUT2D eigenvalue weighted by atomic mass is 10.1. The topological polar surface area (TPSA) is 76.2 Å². The van der Waals surface area contributed by atoms with Gasteiger partial charge in [0.05, 0.1) is 25.0 Å². The Labute approximate surface area is 142 Å². The highest BCUT2D eigenvalue weighted by molar-refractivity contribution is 7.90. The third kappa shape index (κ3) is 3.08. The third-order valence-corrected chi connectivity index (χ3v) is 6.86. The highest BCUT2D eigenvalue weighted by atomic mass is 32.2. The van der Waals surface area contributed by atoms with E-state index in [1.807, 2.05) is 0 Å². The van der Waals surface area contributed by atoms with Gasteiger partial charge in [0.2, 0.25) is 10.0 Å². The quantitative estimate of drug-likeness (QED) is 0.787. The Morgan fingerprint density at radius 2 is 1.75 bits per heavy atom. The van der Waals surface area contributed by atoms with Crippen LogP contribution in [0.2, 0.25) is 0 Å². The highest BCUT2D eigenvalue weighted by Gasteiger charge is 2.41. The molecule has 2 fully saturated rings. The summed E-state index contributed by atoms with van der Waals surface area (Å²) >= 11 is 0. The van der Waals surface area contributed by atoms with Crippen molar-refractivity contribution in [2.45, 2.75) is 18.1 Å². The Morgan fingerprint density at radius 3 is 2.29 bits per heavy atom. The highest BCUT2D eigenvalue weighted by Crippen LogP contribution is 2.33. The molecule has 2 aliphatic rings. The van der Waals surface area contributed by atoms with Crippen molar-refractivity contribution in [3.05, 3.63) is 23.8 Å². The molecule has 1 aromatic carbocycles. The second kappa shape index (κ2) is 6.60. The van der Waals surface area contributed by atoms with E-state index in [9.17, 15) is 13.2 Å². The molecule has 24 heavy (non-hydrogen) atoms. The molecular weight excluding hydrogens is 332 g/mol. The van der Waals surface area contributed by atoms with Crippen molar-refractivity contribution < 1.29 is 22.7 Å². The van der Waals surface area contributed by atoms with Crippen LogP contribution in [0, 0.1) is 0 Å². The molecule has 0 radical (unpaired) electrons. The molecular formula is C16H22N2O5S. The Bertz CT molecular complexity index is 722. The molecule has 1 aromatic rings. The summed E-state index contributed by atoms with van der Waals surface area (Å²) in [5.41, 5.74) is 0.426. The molecule has 132 valence electrons. The van der Waals surface area contributed by atoms with Crippen molar-refractivity contribution in [3.63, 3.8) is 0 Å². The zero-order valence-electron chi connectivity index (χ0n) is 13.9. The maximum Gasteiger partial charge on any atom is 0.257 e. The van der Waals surface area contributed by atoms with Crippen LogP contribution >= 0.6 is 0 Å². The van der Waals surface area contributed by atoms with Crippen molar-refractivity contribution in [1.82, 2.24) is 9.21 Å². The minimum absolute atomic E-state index is 0.172. The number of methoxy groups -OCH3 is 2. The lowest BCUT2D eigenvalue weighted by Crippen LogP contribution is -2.51. The number of sulfonamides is 1. The van der Waals surface area contributed by atoms with Gasteiger partial charge in [0.1, 0.15) is 0 Å². The van der Waals surface area contributed by atoms with Gasteiger partial charge < -0.3 is 14.4 Å². The van der Waals surface area contributed by atoms with Crippen LogP contribution in [0.4, 0.5) is 0 Å². The maximum absolute atomic E-state index is 12.8. The van der Waals surface area contributed by atoms with Crippen molar-refractivity contribution in [2.75, 3.05) is 40.4 Å². The van der Waals surface area contributed by atoms with Gasteiger partial charge in [-0.25, -0.2) is 8.42 Å². The van der Waals surface area contributed by atoms with E-state index in [-0.39, 0.29) is 11.2 Å². The molecule has 1 saturated carbocycles. The third-order valence-electron chi connectivity index (χ3n) is 4.46. The van der Waals surface area contributed by atoms with E-state index in [1.165, 1.54) is 18.5 Å². The summed E-state index contributed by atoms with van der Waals surface area (Å²) in [6.45, 7) is 1.45. The lowest BCUT2D eigenvalue weighted by Gasteiger charge is -2.34. The van der Waals surface area contributed by atoms with Crippen molar-refractivity contribution in [1.29, 1.82) is 0 Å². The van der Waals surface area contributed by atoms with Gasteiger partial charge in [0.25, 0.3) is 5.91 Å². The number of carbonyl (C=O) groups excluding carboxylic acids is 1. The van der Waals surface area contributed by atoms with E-state index >= 15 is 0 Å².